The molecule has 2 aromatic carbocycles. The number of carbonyl (C=O) groups is 1. The Morgan fingerprint density at radius 1 is 1.03 bits per heavy atom. The van der Waals surface area contributed by atoms with Crippen molar-refractivity contribution in [3.05, 3.63) is 59.1 Å². The molecule has 0 bridgehead atoms. The van der Waals surface area contributed by atoms with Crippen molar-refractivity contribution in [2.24, 2.45) is 0 Å². The smallest absolute Gasteiger partial charge is 0.368 e. The summed E-state index contributed by atoms with van der Waals surface area (Å²) in [6, 6.07) is 13.8. The van der Waals surface area contributed by atoms with Crippen molar-refractivity contribution in [2.45, 2.75) is 43.4 Å². The molecule has 3 aliphatic rings. The Morgan fingerprint density at radius 3 is 2.54 bits per heavy atom. The zero-order valence-electron chi connectivity index (χ0n) is 21.4. The number of thiazole rings is 1. The van der Waals surface area contributed by atoms with Crippen LogP contribution in [0.5, 0.6) is 0 Å². The van der Waals surface area contributed by atoms with E-state index in [0.717, 1.165) is 47.2 Å². The lowest BCUT2D eigenvalue weighted by molar-refractivity contribution is -0.137. The van der Waals surface area contributed by atoms with E-state index >= 15 is 0 Å². The third-order valence-electron chi connectivity index (χ3n) is 7.75. The predicted octanol–water partition coefficient (Wildman–Crippen LogP) is 2.89. The van der Waals surface area contributed by atoms with Crippen LogP contribution in [-0.4, -0.2) is 73.6 Å². The quantitative estimate of drug-likeness (QED) is 0.383. The van der Waals surface area contributed by atoms with Gasteiger partial charge >= 0.3 is 6.18 Å². The molecule has 3 saturated heterocycles. The first-order valence-corrected chi connectivity index (χ1v) is 14.2. The highest BCUT2D eigenvalue weighted by Crippen LogP contribution is 2.37. The number of rotatable bonds is 5. The highest BCUT2D eigenvalue weighted by molar-refractivity contribution is 7.18. The van der Waals surface area contributed by atoms with Crippen molar-refractivity contribution in [1.82, 2.24) is 31.2 Å². The van der Waals surface area contributed by atoms with Crippen LogP contribution in [0.4, 0.5) is 18.9 Å². The van der Waals surface area contributed by atoms with Gasteiger partial charge in [-0.25, -0.2) is 4.98 Å². The minimum atomic E-state index is -4.41. The number of alkyl halides is 3. The summed E-state index contributed by atoms with van der Waals surface area (Å²) >= 11 is 1.53. The SMILES string of the molecule is O=C1NC(N2CCN(c3ccccc3C(F)(F)F)CC2)NC(N[C@@H]2CCCNC2)C1c1nc2ccccc2s1. The number of aromatic nitrogens is 1. The van der Waals surface area contributed by atoms with E-state index in [-0.39, 0.29) is 23.8 Å². The van der Waals surface area contributed by atoms with Gasteiger partial charge < -0.3 is 15.5 Å². The van der Waals surface area contributed by atoms with Gasteiger partial charge in [0.05, 0.1) is 21.9 Å². The normalized spacial score (nSPS) is 27.1. The lowest BCUT2D eigenvalue weighted by Gasteiger charge is -2.46. The second-order valence-corrected chi connectivity index (χ2v) is 11.4. The minimum absolute atomic E-state index is 0.107. The molecule has 39 heavy (non-hydrogen) atoms. The van der Waals surface area contributed by atoms with Crippen molar-refractivity contribution in [1.29, 1.82) is 0 Å². The van der Waals surface area contributed by atoms with Gasteiger partial charge in [0.1, 0.15) is 17.2 Å². The lowest BCUT2D eigenvalue weighted by atomic mass is 10.00. The van der Waals surface area contributed by atoms with Crippen molar-refractivity contribution >= 4 is 33.1 Å². The van der Waals surface area contributed by atoms with E-state index in [1.807, 2.05) is 24.3 Å². The predicted molar refractivity (Wildman–Crippen MR) is 145 cm³/mol. The van der Waals surface area contributed by atoms with E-state index in [9.17, 15) is 18.0 Å². The lowest BCUT2D eigenvalue weighted by Crippen LogP contribution is -2.72. The Labute approximate surface area is 228 Å². The molecular formula is C27H32F3N7OS. The highest BCUT2D eigenvalue weighted by Gasteiger charge is 2.43. The number of amides is 1. The van der Waals surface area contributed by atoms with Crippen LogP contribution in [0.15, 0.2) is 48.5 Å². The zero-order valence-corrected chi connectivity index (χ0v) is 22.2. The van der Waals surface area contributed by atoms with Crippen molar-refractivity contribution in [3.8, 4) is 0 Å². The summed E-state index contributed by atoms with van der Waals surface area (Å²) < 4.78 is 41.8. The summed E-state index contributed by atoms with van der Waals surface area (Å²) in [5, 5.41) is 14.6. The second kappa shape index (κ2) is 11.0. The minimum Gasteiger partial charge on any atom is -0.368 e. The first-order chi connectivity index (χ1) is 18.9. The number of carbonyl (C=O) groups excluding carboxylic acids is 1. The first-order valence-electron chi connectivity index (χ1n) is 13.4. The maximum Gasteiger partial charge on any atom is 0.418 e. The number of hydrogen-bond acceptors (Lipinski definition) is 8. The highest BCUT2D eigenvalue weighted by atomic mass is 32.1. The van der Waals surface area contributed by atoms with E-state index in [1.54, 1.807) is 11.0 Å². The molecule has 3 aromatic rings. The molecule has 1 amide bonds. The van der Waals surface area contributed by atoms with Crippen LogP contribution < -0.4 is 26.2 Å². The number of para-hydroxylation sites is 2. The van der Waals surface area contributed by atoms with Gasteiger partial charge in [-0.15, -0.1) is 11.3 Å². The summed E-state index contributed by atoms with van der Waals surface area (Å²) in [7, 11) is 0. The molecule has 3 aliphatic heterocycles. The largest absolute Gasteiger partial charge is 0.418 e. The Balaban J connectivity index is 1.19. The van der Waals surface area contributed by atoms with Gasteiger partial charge in [0.15, 0.2) is 0 Å². The van der Waals surface area contributed by atoms with Crippen LogP contribution in [0.3, 0.4) is 0 Å². The fourth-order valence-corrected chi connectivity index (χ4v) is 6.87. The molecule has 4 heterocycles. The topological polar surface area (TPSA) is 84.6 Å². The Bertz CT molecular complexity index is 1270. The molecule has 6 rings (SSSR count). The molecule has 0 aliphatic carbocycles. The Hall–Kier alpha value is -2.77. The van der Waals surface area contributed by atoms with E-state index in [4.69, 9.17) is 4.98 Å². The fraction of sp³-hybridized carbons (Fsp3) is 0.481. The van der Waals surface area contributed by atoms with Crippen LogP contribution in [0.2, 0.25) is 0 Å². The fourth-order valence-electron chi connectivity index (χ4n) is 5.76. The van der Waals surface area contributed by atoms with Gasteiger partial charge in [0, 0.05) is 44.5 Å². The molecule has 0 radical (unpaired) electrons. The molecule has 208 valence electrons. The number of hydrogen-bond donors (Lipinski definition) is 4. The maximum absolute atomic E-state index is 13.6. The molecule has 8 nitrogen and oxygen atoms in total. The maximum atomic E-state index is 13.6. The summed E-state index contributed by atoms with van der Waals surface area (Å²) in [5.74, 6) is -0.607. The summed E-state index contributed by atoms with van der Waals surface area (Å²) in [5.41, 5.74) is 0.456. The van der Waals surface area contributed by atoms with Gasteiger partial charge in [0.2, 0.25) is 5.91 Å². The van der Waals surface area contributed by atoms with Gasteiger partial charge in [0.25, 0.3) is 0 Å². The van der Waals surface area contributed by atoms with Gasteiger partial charge in [-0.2, -0.15) is 13.2 Å². The number of nitrogens with zero attached hydrogens (tertiary/aromatic N) is 3. The van der Waals surface area contributed by atoms with Crippen LogP contribution in [0.1, 0.15) is 29.3 Å². The van der Waals surface area contributed by atoms with Gasteiger partial charge in [-0.3, -0.25) is 20.3 Å². The van der Waals surface area contributed by atoms with E-state index < -0.39 is 23.9 Å². The summed E-state index contributed by atoms with van der Waals surface area (Å²) in [6.07, 6.45) is -3.10. The molecule has 3 unspecified atom stereocenters. The number of piperazine rings is 1. The number of piperidine rings is 1. The second-order valence-electron chi connectivity index (χ2n) is 10.3. The van der Waals surface area contributed by atoms with Crippen LogP contribution >= 0.6 is 11.3 Å². The van der Waals surface area contributed by atoms with Crippen LogP contribution in [-0.2, 0) is 11.0 Å². The van der Waals surface area contributed by atoms with Crippen LogP contribution in [0.25, 0.3) is 10.2 Å². The number of benzene rings is 2. The third kappa shape index (κ3) is 5.62. The Morgan fingerprint density at radius 2 is 1.79 bits per heavy atom. The average Bonchev–Trinajstić information content (AvgIpc) is 3.37. The Kier molecular flexibility index (Phi) is 7.47. The van der Waals surface area contributed by atoms with Crippen molar-refractivity contribution in [2.75, 3.05) is 44.2 Å². The van der Waals surface area contributed by atoms with E-state index in [2.05, 4.69) is 26.2 Å². The number of halogens is 3. The first kappa shape index (κ1) is 26.5. The molecule has 3 fully saturated rings. The molecule has 0 spiro atoms. The number of fused-ring (bicyclic) bond motifs is 1. The third-order valence-corrected chi connectivity index (χ3v) is 8.87. The van der Waals surface area contributed by atoms with Crippen molar-refractivity contribution in [3.63, 3.8) is 0 Å². The standard InChI is InChI=1S/C27H32F3N7OS/c28-27(29,30)18-7-1-3-9-20(18)36-12-14-37(15-13-36)26-34-23(32-17-6-5-11-31-16-17)22(24(38)35-26)25-33-19-8-2-4-10-21(19)39-25/h1-4,7-10,17,22-23,26,31-32,34H,5-6,11-16H2,(H,35,38)/t17-,22?,23?,26?/m1/s1. The zero-order chi connectivity index (χ0) is 27.0. The van der Waals surface area contributed by atoms with E-state index in [1.165, 1.54) is 23.5 Å². The summed E-state index contributed by atoms with van der Waals surface area (Å²) in [4.78, 5) is 22.3. The van der Waals surface area contributed by atoms with Gasteiger partial charge in [-0.05, 0) is 43.7 Å². The average molecular weight is 560 g/mol. The number of anilines is 1. The summed E-state index contributed by atoms with van der Waals surface area (Å²) in [6.45, 7) is 3.68. The molecule has 4 atom stereocenters. The van der Waals surface area contributed by atoms with Crippen LogP contribution in [0, 0.1) is 0 Å². The molecule has 1 aromatic heterocycles. The molecule has 0 saturated carbocycles. The monoisotopic (exact) mass is 559 g/mol. The molecule has 12 heteroatoms. The van der Waals surface area contributed by atoms with Crippen molar-refractivity contribution < 1.29 is 18.0 Å². The van der Waals surface area contributed by atoms with Gasteiger partial charge in [-0.1, -0.05) is 24.3 Å². The molecular weight excluding hydrogens is 527 g/mol. The van der Waals surface area contributed by atoms with E-state index in [0.29, 0.717) is 26.2 Å². The number of nitrogens with one attached hydrogen (secondary N) is 4. The molecule has 4 N–H and O–H groups in total.